The number of rotatable bonds is 8. The lowest BCUT2D eigenvalue weighted by Gasteiger charge is -2.26. The molecule has 0 bridgehead atoms. The van der Waals surface area contributed by atoms with Gasteiger partial charge < -0.3 is 13.9 Å². The third kappa shape index (κ3) is 6.46. The van der Waals surface area contributed by atoms with E-state index in [0.29, 0.717) is 0 Å². The van der Waals surface area contributed by atoms with E-state index in [4.69, 9.17) is 4.42 Å². The molecule has 0 saturated heterocycles. The molecule has 0 atom stereocenters. The van der Waals surface area contributed by atoms with E-state index in [1.54, 1.807) is 0 Å². The number of hydrogen-bond donors (Lipinski definition) is 0. The summed E-state index contributed by atoms with van der Waals surface area (Å²) < 4.78 is 8.80. The molecule has 0 fully saturated rings. The van der Waals surface area contributed by atoms with Gasteiger partial charge >= 0.3 is 0 Å². The van der Waals surface area contributed by atoms with Crippen LogP contribution in [0.5, 0.6) is 0 Å². The first-order valence-corrected chi connectivity index (χ1v) is 21.5. The molecule has 2 heterocycles. The van der Waals surface area contributed by atoms with Crippen molar-refractivity contribution in [3.63, 3.8) is 0 Å². The zero-order valence-electron chi connectivity index (χ0n) is 34.4. The molecule has 3 nitrogen and oxygen atoms in total. The van der Waals surface area contributed by atoms with Gasteiger partial charge in [-0.2, -0.15) is 0 Å². The lowest BCUT2D eigenvalue weighted by Crippen LogP contribution is -2.09. The summed E-state index contributed by atoms with van der Waals surface area (Å²) in [4.78, 5) is 2.34. The largest absolute Gasteiger partial charge is 0.455 e. The highest BCUT2D eigenvalue weighted by Gasteiger charge is 2.17. The van der Waals surface area contributed by atoms with Crippen LogP contribution in [-0.2, 0) is 0 Å². The third-order valence-corrected chi connectivity index (χ3v) is 12.4. The predicted octanol–water partition coefficient (Wildman–Crippen LogP) is 16.8. The topological polar surface area (TPSA) is 21.3 Å². The molecule has 12 rings (SSSR count). The monoisotopic (exact) mass is 804 g/mol. The van der Waals surface area contributed by atoms with Crippen LogP contribution in [0.3, 0.4) is 0 Å². The number of benzene rings is 10. The maximum atomic E-state index is 6.42. The number of para-hydroxylation sites is 4. The summed E-state index contributed by atoms with van der Waals surface area (Å²) in [5.74, 6) is 0. The molecule has 10 aromatic carbocycles. The van der Waals surface area contributed by atoms with Crippen molar-refractivity contribution >= 4 is 60.8 Å². The van der Waals surface area contributed by atoms with Gasteiger partial charge in [0.1, 0.15) is 11.2 Å². The summed E-state index contributed by atoms with van der Waals surface area (Å²) in [6.45, 7) is 0. The van der Waals surface area contributed by atoms with E-state index >= 15 is 0 Å². The summed E-state index contributed by atoms with van der Waals surface area (Å²) in [6, 6.07) is 87.0. The fourth-order valence-corrected chi connectivity index (χ4v) is 9.33. The molecular formula is C60H40N2O. The normalized spacial score (nSPS) is 11.5. The molecule has 0 aliphatic heterocycles. The molecule has 2 aromatic heterocycles. The molecule has 0 spiro atoms. The Kier molecular flexibility index (Phi) is 8.83. The van der Waals surface area contributed by atoms with Crippen LogP contribution in [0.4, 0.5) is 17.1 Å². The minimum Gasteiger partial charge on any atom is -0.455 e. The van der Waals surface area contributed by atoms with E-state index in [1.807, 2.05) is 12.1 Å². The minimum absolute atomic E-state index is 0.908. The fourth-order valence-electron chi connectivity index (χ4n) is 9.33. The van der Waals surface area contributed by atoms with E-state index in [-0.39, 0.29) is 0 Å². The smallest absolute Gasteiger partial charge is 0.143 e. The summed E-state index contributed by atoms with van der Waals surface area (Å²) in [6.07, 6.45) is 0. The Balaban J connectivity index is 0.909. The van der Waals surface area contributed by atoms with Crippen molar-refractivity contribution in [3.05, 3.63) is 243 Å². The van der Waals surface area contributed by atoms with E-state index in [2.05, 4.69) is 240 Å². The van der Waals surface area contributed by atoms with Gasteiger partial charge in [0, 0.05) is 49.9 Å². The second-order valence-corrected chi connectivity index (χ2v) is 16.1. The first-order chi connectivity index (χ1) is 31.2. The van der Waals surface area contributed by atoms with Crippen LogP contribution in [0, 0.1) is 0 Å². The van der Waals surface area contributed by atoms with Crippen LogP contribution < -0.4 is 4.90 Å². The molecule has 12 aromatic rings. The van der Waals surface area contributed by atoms with Crippen LogP contribution in [0.2, 0.25) is 0 Å². The van der Waals surface area contributed by atoms with Crippen molar-refractivity contribution in [1.82, 2.24) is 4.57 Å². The first-order valence-electron chi connectivity index (χ1n) is 21.5. The van der Waals surface area contributed by atoms with Gasteiger partial charge in [-0.05, 0) is 112 Å². The number of aromatic nitrogens is 1. The molecule has 0 radical (unpaired) electrons. The van der Waals surface area contributed by atoms with Crippen molar-refractivity contribution < 1.29 is 4.42 Å². The van der Waals surface area contributed by atoms with Crippen molar-refractivity contribution in [2.45, 2.75) is 0 Å². The lowest BCUT2D eigenvalue weighted by molar-refractivity contribution is 0.670. The number of furan rings is 1. The zero-order chi connectivity index (χ0) is 41.7. The summed E-state index contributed by atoms with van der Waals surface area (Å²) >= 11 is 0. The van der Waals surface area contributed by atoms with Gasteiger partial charge in [0.05, 0.1) is 11.0 Å². The second kappa shape index (κ2) is 15.3. The number of hydrogen-bond acceptors (Lipinski definition) is 2. The van der Waals surface area contributed by atoms with Gasteiger partial charge in [-0.3, -0.25) is 0 Å². The lowest BCUT2D eigenvalue weighted by atomic mass is 9.97. The highest BCUT2D eigenvalue weighted by molar-refractivity contribution is 6.11. The van der Waals surface area contributed by atoms with E-state index in [0.717, 1.165) is 66.9 Å². The molecule has 296 valence electrons. The molecule has 0 unspecified atom stereocenters. The Hall–Kier alpha value is -8.40. The van der Waals surface area contributed by atoms with Crippen molar-refractivity contribution in [1.29, 1.82) is 0 Å². The van der Waals surface area contributed by atoms with Crippen LogP contribution in [0.25, 0.3) is 93.9 Å². The molecule has 0 aliphatic carbocycles. The van der Waals surface area contributed by atoms with E-state index in [9.17, 15) is 0 Å². The Bertz CT molecular complexity index is 3580. The Morgan fingerprint density at radius 3 is 1.48 bits per heavy atom. The zero-order valence-corrected chi connectivity index (χ0v) is 34.4. The maximum absolute atomic E-state index is 6.42. The Morgan fingerprint density at radius 2 is 0.778 bits per heavy atom. The molecule has 63 heavy (non-hydrogen) atoms. The molecule has 3 heteroatoms. The van der Waals surface area contributed by atoms with Crippen LogP contribution in [0.1, 0.15) is 0 Å². The van der Waals surface area contributed by atoms with Crippen LogP contribution in [0.15, 0.2) is 247 Å². The van der Waals surface area contributed by atoms with Gasteiger partial charge in [-0.15, -0.1) is 0 Å². The number of fused-ring (bicyclic) bond motifs is 6. The van der Waals surface area contributed by atoms with Crippen molar-refractivity contribution in [2.24, 2.45) is 0 Å². The van der Waals surface area contributed by atoms with Crippen molar-refractivity contribution in [3.8, 4) is 50.2 Å². The van der Waals surface area contributed by atoms with Gasteiger partial charge in [0.25, 0.3) is 0 Å². The standard InChI is InChI=1S/C60H40N2O/c1-3-13-41(14-4-1)42-25-32-49(33-26-42)61(50-34-27-43(28-35-50)45-15-11-16-47(39-45)52-21-12-22-56-55-20-8-10-24-59(55)63-60(52)56)51-36-29-44(30-37-51)46-31-38-54-53-19-7-9-23-57(53)62(58(54)40-46)48-17-5-2-6-18-48/h1-40H. The predicted molar refractivity (Wildman–Crippen MR) is 264 cm³/mol. The minimum atomic E-state index is 0.908. The van der Waals surface area contributed by atoms with Gasteiger partial charge in [-0.25, -0.2) is 0 Å². The van der Waals surface area contributed by atoms with Crippen LogP contribution >= 0.6 is 0 Å². The molecule has 0 N–H and O–H groups in total. The van der Waals surface area contributed by atoms with Crippen molar-refractivity contribution in [2.75, 3.05) is 4.90 Å². The van der Waals surface area contributed by atoms with Gasteiger partial charge in [0.15, 0.2) is 0 Å². The highest BCUT2D eigenvalue weighted by Crippen LogP contribution is 2.41. The summed E-state index contributed by atoms with van der Waals surface area (Å²) in [5, 5.41) is 4.78. The average Bonchev–Trinajstić information content (AvgIpc) is 3.91. The highest BCUT2D eigenvalue weighted by atomic mass is 16.3. The molecule has 0 aliphatic rings. The first kappa shape index (κ1) is 36.5. The maximum Gasteiger partial charge on any atom is 0.143 e. The Labute approximate surface area is 366 Å². The number of anilines is 3. The van der Waals surface area contributed by atoms with Crippen LogP contribution in [-0.4, -0.2) is 4.57 Å². The van der Waals surface area contributed by atoms with E-state index in [1.165, 1.54) is 44.1 Å². The van der Waals surface area contributed by atoms with Gasteiger partial charge in [0.2, 0.25) is 0 Å². The van der Waals surface area contributed by atoms with E-state index < -0.39 is 0 Å². The Morgan fingerprint density at radius 1 is 0.302 bits per heavy atom. The molecule has 0 saturated carbocycles. The average molecular weight is 805 g/mol. The summed E-state index contributed by atoms with van der Waals surface area (Å²) in [7, 11) is 0. The quantitative estimate of drug-likeness (QED) is 0.153. The fraction of sp³-hybridized carbons (Fsp3) is 0. The molecular weight excluding hydrogens is 765 g/mol. The third-order valence-electron chi connectivity index (χ3n) is 12.4. The molecule has 0 amide bonds. The SMILES string of the molecule is c1ccc(-c2ccc(N(c3ccc(-c4cccc(-c5cccc6c5oc5ccccc56)c4)cc3)c3ccc(-c4ccc5c6ccccc6n(-c6ccccc6)c5c4)cc3)cc2)cc1. The summed E-state index contributed by atoms with van der Waals surface area (Å²) in [5.41, 5.74) is 17.9. The number of nitrogens with zero attached hydrogens (tertiary/aromatic N) is 2. The second-order valence-electron chi connectivity index (χ2n) is 16.1. The van der Waals surface area contributed by atoms with Gasteiger partial charge in [-0.1, -0.05) is 170 Å².